The van der Waals surface area contributed by atoms with Gasteiger partial charge in [0.2, 0.25) is 5.90 Å². The van der Waals surface area contributed by atoms with E-state index in [9.17, 15) is 4.79 Å². The van der Waals surface area contributed by atoms with Gasteiger partial charge in [-0.2, -0.15) is 0 Å². The Labute approximate surface area is 253 Å². The molecule has 0 radical (unpaired) electrons. The number of halogens is 1. The fraction of sp³-hybridized carbons (Fsp3) is 0.375. The number of ether oxygens (including phenoxy) is 2. The summed E-state index contributed by atoms with van der Waals surface area (Å²) in [5, 5.41) is 12.9. The van der Waals surface area contributed by atoms with Gasteiger partial charge in [0.25, 0.3) is 5.91 Å². The molecule has 0 unspecified atom stereocenters. The van der Waals surface area contributed by atoms with Crippen LogP contribution in [0.3, 0.4) is 0 Å². The molecule has 0 aromatic heterocycles. The van der Waals surface area contributed by atoms with Crippen LogP contribution in [-0.2, 0) is 22.5 Å². The number of benzene rings is 3. The van der Waals surface area contributed by atoms with Gasteiger partial charge in [0.1, 0.15) is 5.75 Å². The first-order chi connectivity index (χ1) is 20.5. The van der Waals surface area contributed by atoms with Crippen LogP contribution in [0.2, 0.25) is 0 Å². The fourth-order valence-corrected chi connectivity index (χ4v) is 5.82. The van der Waals surface area contributed by atoms with E-state index in [1.54, 1.807) is 0 Å². The second kappa shape index (κ2) is 13.9. The predicted octanol–water partition coefficient (Wildman–Crippen LogP) is 6.53. The standard InChI is InChI=1S/C32H34BrN5O4/c33-27-13-9-23(10-14-27)29-32(31(40)38-17-4-1-5-18-38,21-25-7-2-3-8-26(25)22-35-37-34)36-30(42-29)24-11-15-28(16-12-24)41-20-6-19-39/h2-3,7-16,29,39H,1,4-6,17-22H2/t29-,32-/m1/s1. The summed E-state index contributed by atoms with van der Waals surface area (Å²) in [6.07, 6.45) is 3.16. The van der Waals surface area contributed by atoms with E-state index in [0.717, 1.165) is 46.0 Å². The largest absolute Gasteiger partial charge is 0.494 e. The number of hydrogen-bond acceptors (Lipinski definition) is 6. The van der Waals surface area contributed by atoms with E-state index in [4.69, 9.17) is 25.1 Å². The van der Waals surface area contributed by atoms with Gasteiger partial charge < -0.3 is 19.5 Å². The van der Waals surface area contributed by atoms with E-state index in [1.807, 2.05) is 77.7 Å². The van der Waals surface area contributed by atoms with Crippen molar-refractivity contribution in [1.29, 1.82) is 0 Å². The van der Waals surface area contributed by atoms with Gasteiger partial charge in [-0.05, 0) is 77.9 Å². The predicted molar refractivity (Wildman–Crippen MR) is 164 cm³/mol. The summed E-state index contributed by atoms with van der Waals surface area (Å²) in [6.45, 7) is 2.02. The highest BCUT2D eigenvalue weighted by atomic mass is 79.9. The number of aliphatic hydroxyl groups is 1. The third-order valence-electron chi connectivity index (χ3n) is 7.71. The second-order valence-electron chi connectivity index (χ2n) is 10.5. The van der Waals surface area contributed by atoms with Gasteiger partial charge in [0.15, 0.2) is 11.6 Å². The number of rotatable bonds is 11. The summed E-state index contributed by atoms with van der Waals surface area (Å²) >= 11 is 3.53. The number of hydrogen-bond donors (Lipinski definition) is 1. The van der Waals surface area contributed by atoms with Crippen molar-refractivity contribution in [1.82, 2.24) is 4.90 Å². The fourth-order valence-electron chi connectivity index (χ4n) is 5.56. The maximum atomic E-state index is 14.7. The van der Waals surface area contributed by atoms with E-state index in [0.29, 0.717) is 37.8 Å². The van der Waals surface area contributed by atoms with Crippen molar-refractivity contribution in [3.63, 3.8) is 0 Å². The quantitative estimate of drug-likeness (QED) is 0.112. The van der Waals surface area contributed by atoms with Gasteiger partial charge in [-0.3, -0.25) is 4.79 Å². The average Bonchev–Trinajstić information content (AvgIpc) is 3.41. The van der Waals surface area contributed by atoms with Crippen LogP contribution in [0.4, 0.5) is 0 Å². The molecule has 3 aromatic rings. The smallest absolute Gasteiger partial charge is 0.255 e. The third kappa shape index (κ3) is 6.62. The maximum Gasteiger partial charge on any atom is 0.255 e. The summed E-state index contributed by atoms with van der Waals surface area (Å²) in [5.74, 6) is 1.01. The van der Waals surface area contributed by atoms with Gasteiger partial charge >= 0.3 is 0 Å². The molecule has 42 heavy (non-hydrogen) atoms. The zero-order chi connectivity index (χ0) is 29.4. The number of nitrogens with zero attached hydrogens (tertiary/aromatic N) is 5. The maximum absolute atomic E-state index is 14.7. The molecule has 0 bridgehead atoms. The van der Waals surface area contributed by atoms with Crippen molar-refractivity contribution in [2.24, 2.45) is 10.1 Å². The number of aliphatic imine (C=N–C) groups is 1. The first-order valence-electron chi connectivity index (χ1n) is 14.3. The molecule has 0 saturated carbocycles. The highest BCUT2D eigenvalue weighted by molar-refractivity contribution is 9.10. The lowest BCUT2D eigenvalue weighted by Gasteiger charge is -2.37. The number of carbonyl (C=O) groups is 1. The summed E-state index contributed by atoms with van der Waals surface area (Å²) in [5.41, 5.74) is 11.0. The lowest BCUT2D eigenvalue weighted by atomic mass is 9.80. The van der Waals surface area contributed by atoms with Gasteiger partial charge in [-0.1, -0.05) is 57.4 Å². The van der Waals surface area contributed by atoms with Crippen LogP contribution in [-0.4, -0.2) is 53.7 Å². The Balaban J connectivity index is 1.61. The highest BCUT2D eigenvalue weighted by Gasteiger charge is 2.55. The number of amides is 1. The van der Waals surface area contributed by atoms with Gasteiger partial charge in [-0.15, -0.1) is 0 Å². The second-order valence-corrected chi connectivity index (χ2v) is 11.4. The summed E-state index contributed by atoms with van der Waals surface area (Å²) in [7, 11) is 0. The Kier molecular flexibility index (Phi) is 9.79. The molecule has 5 rings (SSSR count). The lowest BCUT2D eigenvalue weighted by Crippen LogP contribution is -2.53. The summed E-state index contributed by atoms with van der Waals surface area (Å²) < 4.78 is 13.3. The van der Waals surface area contributed by atoms with Crippen LogP contribution < -0.4 is 4.74 Å². The topological polar surface area (TPSA) is 120 Å². The molecule has 0 aliphatic carbocycles. The van der Waals surface area contributed by atoms with Crippen molar-refractivity contribution in [2.45, 2.75) is 50.3 Å². The van der Waals surface area contributed by atoms with Crippen LogP contribution in [0, 0.1) is 0 Å². The van der Waals surface area contributed by atoms with E-state index >= 15 is 0 Å². The van der Waals surface area contributed by atoms with Crippen molar-refractivity contribution < 1.29 is 19.4 Å². The summed E-state index contributed by atoms with van der Waals surface area (Å²) in [6, 6.07) is 23.0. The molecule has 3 aromatic carbocycles. The number of piperidine rings is 1. The number of carbonyl (C=O) groups excluding carboxylic acids is 1. The minimum absolute atomic E-state index is 0.0623. The molecular weight excluding hydrogens is 598 g/mol. The number of likely N-dealkylation sites (tertiary alicyclic amines) is 1. The zero-order valence-corrected chi connectivity index (χ0v) is 24.9. The van der Waals surface area contributed by atoms with E-state index in [2.05, 4.69) is 26.0 Å². The van der Waals surface area contributed by atoms with Crippen LogP contribution >= 0.6 is 15.9 Å². The van der Waals surface area contributed by atoms with Crippen molar-refractivity contribution in [3.05, 3.63) is 110 Å². The Bertz CT molecular complexity index is 1450. The molecule has 0 spiro atoms. The van der Waals surface area contributed by atoms with Crippen LogP contribution in [0.15, 0.2) is 87.4 Å². The van der Waals surface area contributed by atoms with Crippen molar-refractivity contribution >= 4 is 27.7 Å². The SMILES string of the molecule is [N-]=[N+]=NCc1ccccc1C[C@@]1(C(=O)N2CCCCC2)N=C(c2ccc(OCCCO)cc2)O[C@@H]1c1ccc(Br)cc1. The Hall–Kier alpha value is -3.85. The first kappa shape index (κ1) is 29.6. The highest BCUT2D eigenvalue weighted by Crippen LogP contribution is 2.44. The molecule has 2 atom stereocenters. The van der Waals surface area contributed by atoms with Crippen LogP contribution in [0.5, 0.6) is 5.75 Å². The first-order valence-corrected chi connectivity index (χ1v) is 15.1. The Morgan fingerprint density at radius 2 is 1.79 bits per heavy atom. The molecule has 1 fully saturated rings. The molecule has 1 amide bonds. The minimum atomic E-state index is -1.27. The van der Waals surface area contributed by atoms with Gasteiger partial charge in [0, 0.05) is 47.5 Å². The molecule has 218 valence electrons. The van der Waals surface area contributed by atoms with Crippen molar-refractivity contribution in [2.75, 3.05) is 26.3 Å². The third-order valence-corrected chi connectivity index (χ3v) is 8.23. The van der Waals surface area contributed by atoms with Gasteiger partial charge in [0.05, 0.1) is 13.2 Å². The number of aliphatic hydroxyl groups excluding tert-OH is 1. The van der Waals surface area contributed by atoms with Crippen LogP contribution in [0.1, 0.15) is 54.0 Å². The molecule has 1 saturated heterocycles. The van der Waals surface area contributed by atoms with E-state index in [1.165, 1.54) is 0 Å². The molecular formula is C32H34BrN5O4. The van der Waals surface area contributed by atoms with Crippen LogP contribution in [0.25, 0.3) is 10.4 Å². The molecule has 2 heterocycles. The Morgan fingerprint density at radius 1 is 1.07 bits per heavy atom. The summed E-state index contributed by atoms with van der Waals surface area (Å²) in [4.78, 5) is 24.8. The van der Waals surface area contributed by atoms with Gasteiger partial charge in [-0.25, -0.2) is 4.99 Å². The molecule has 2 aliphatic heterocycles. The molecule has 9 nitrogen and oxygen atoms in total. The van der Waals surface area contributed by atoms with E-state index in [-0.39, 0.29) is 25.5 Å². The average molecular weight is 633 g/mol. The zero-order valence-electron chi connectivity index (χ0n) is 23.4. The molecule has 1 N–H and O–H groups in total. The minimum Gasteiger partial charge on any atom is -0.494 e. The van der Waals surface area contributed by atoms with E-state index < -0.39 is 11.6 Å². The normalized spacial score (nSPS) is 19.9. The van der Waals surface area contributed by atoms with Crippen molar-refractivity contribution in [3.8, 4) is 5.75 Å². The number of azide groups is 1. The molecule has 10 heteroatoms. The Morgan fingerprint density at radius 3 is 2.48 bits per heavy atom. The lowest BCUT2D eigenvalue weighted by molar-refractivity contribution is -0.140. The monoisotopic (exact) mass is 631 g/mol. The molecule has 2 aliphatic rings.